The molecule has 2 rings (SSSR count). The van der Waals surface area contributed by atoms with Gasteiger partial charge in [-0.25, -0.2) is 13.2 Å². The maximum atomic E-state index is 12.7. The van der Waals surface area contributed by atoms with Crippen LogP contribution >= 0.6 is 15.9 Å². The molecule has 21 heavy (non-hydrogen) atoms. The van der Waals surface area contributed by atoms with E-state index < -0.39 is 22.0 Å². The number of hydrogen-bond acceptors (Lipinski definition) is 4. The Balaban J connectivity index is 2.43. The van der Waals surface area contributed by atoms with Gasteiger partial charge in [0, 0.05) is 11.0 Å². The molecule has 2 unspecified atom stereocenters. The number of aromatic carboxylic acids is 1. The predicted octanol–water partition coefficient (Wildman–Crippen LogP) is 1.54. The third-order valence-electron chi connectivity index (χ3n) is 3.78. The maximum absolute atomic E-state index is 12.7. The molecule has 1 aromatic carbocycles. The highest BCUT2D eigenvalue weighted by Gasteiger charge is 2.39. The van der Waals surface area contributed by atoms with Crippen LogP contribution in [-0.4, -0.2) is 48.1 Å². The highest BCUT2D eigenvalue weighted by Crippen LogP contribution is 2.33. The number of nitrogens with zero attached hydrogens (tertiary/aromatic N) is 1. The molecule has 0 spiro atoms. The van der Waals surface area contributed by atoms with Crippen LogP contribution in [0.1, 0.15) is 23.7 Å². The Hall–Kier alpha value is -0.960. The number of halogens is 1. The fourth-order valence-electron chi connectivity index (χ4n) is 2.51. The Morgan fingerprint density at radius 3 is 2.67 bits per heavy atom. The molecule has 8 heteroatoms. The number of carboxylic acids is 1. The summed E-state index contributed by atoms with van der Waals surface area (Å²) in [6.45, 7) is 2.02. The van der Waals surface area contributed by atoms with Gasteiger partial charge in [0.05, 0.1) is 23.1 Å². The first-order valence-electron chi connectivity index (χ1n) is 6.44. The van der Waals surface area contributed by atoms with Crippen LogP contribution in [0.4, 0.5) is 0 Å². The summed E-state index contributed by atoms with van der Waals surface area (Å²) < 4.78 is 26.9. The molecule has 116 valence electrons. The Morgan fingerprint density at radius 2 is 2.14 bits per heavy atom. The van der Waals surface area contributed by atoms with E-state index in [1.54, 1.807) is 0 Å². The van der Waals surface area contributed by atoms with Crippen LogP contribution < -0.4 is 0 Å². The molecule has 1 fully saturated rings. The second-order valence-electron chi connectivity index (χ2n) is 5.08. The number of hydrogen-bond donors (Lipinski definition) is 2. The Morgan fingerprint density at radius 1 is 1.48 bits per heavy atom. The van der Waals surface area contributed by atoms with Crippen molar-refractivity contribution in [3.8, 4) is 0 Å². The molecule has 1 aliphatic heterocycles. The molecular weight excluding hydrogens is 362 g/mol. The summed E-state index contributed by atoms with van der Waals surface area (Å²) in [6.07, 6.45) is 0.690. The number of aliphatic hydroxyl groups is 1. The number of sulfonamides is 1. The first kappa shape index (κ1) is 16.4. The molecule has 0 radical (unpaired) electrons. The summed E-state index contributed by atoms with van der Waals surface area (Å²) in [7, 11) is -3.77. The topological polar surface area (TPSA) is 94.9 Å². The minimum absolute atomic E-state index is 0.00863. The first-order valence-corrected chi connectivity index (χ1v) is 8.68. The van der Waals surface area contributed by atoms with Crippen LogP contribution in [0, 0.1) is 5.92 Å². The van der Waals surface area contributed by atoms with E-state index in [1.807, 2.05) is 6.92 Å². The van der Waals surface area contributed by atoms with E-state index in [1.165, 1.54) is 22.5 Å². The second kappa shape index (κ2) is 6.04. The lowest BCUT2D eigenvalue weighted by atomic mass is 10.0. The Bertz CT molecular complexity index is 661. The number of aliphatic hydroxyl groups excluding tert-OH is 1. The molecule has 1 heterocycles. The highest BCUT2D eigenvalue weighted by molar-refractivity contribution is 9.10. The third kappa shape index (κ3) is 2.98. The van der Waals surface area contributed by atoms with Crippen LogP contribution in [0.3, 0.4) is 0 Å². The minimum Gasteiger partial charge on any atom is -0.478 e. The lowest BCUT2D eigenvalue weighted by Gasteiger charge is -2.25. The van der Waals surface area contributed by atoms with Gasteiger partial charge in [-0.3, -0.25) is 0 Å². The number of rotatable bonds is 4. The SMILES string of the molecule is CC1CCN(S(=O)(=O)c2ccc(C(=O)O)cc2Br)C1CO. The monoisotopic (exact) mass is 377 g/mol. The number of carbonyl (C=O) groups is 1. The molecule has 2 N–H and O–H groups in total. The van der Waals surface area contributed by atoms with Crippen molar-refractivity contribution < 1.29 is 23.4 Å². The standard InChI is InChI=1S/C13H16BrNO5S/c1-8-4-5-15(11(8)7-16)21(19,20)12-3-2-9(13(17)18)6-10(12)14/h2-3,6,8,11,16H,4-5,7H2,1H3,(H,17,18). The van der Waals surface area contributed by atoms with Crippen LogP contribution in [0.15, 0.2) is 27.6 Å². The normalized spacial score (nSPS) is 23.4. The van der Waals surface area contributed by atoms with Crippen molar-refractivity contribution in [1.29, 1.82) is 0 Å². The van der Waals surface area contributed by atoms with Crippen molar-refractivity contribution in [3.63, 3.8) is 0 Å². The van der Waals surface area contributed by atoms with E-state index in [2.05, 4.69) is 15.9 Å². The van der Waals surface area contributed by atoms with Crippen LogP contribution in [0.2, 0.25) is 0 Å². The molecule has 0 aromatic heterocycles. The van der Waals surface area contributed by atoms with Crippen molar-refractivity contribution in [2.24, 2.45) is 5.92 Å². The zero-order valence-corrected chi connectivity index (χ0v) is 13.8. The molecule has 6 nitrogen and oxygen atoms in total. The molecular formula is C13H16BrNO5S. The van der Waals surface area contributed by atoms with Crippen LogP contribution in [0.25, 0.3) is 0 Å². The van der Waals surface area contributed by atoms with E-state index in [-0.39, 0.29) is 27.5 Å². The fraction of sp³-hybridized carbons (Fsp3) is 0.462. The second-order valence-corrected chi connectivity index (χ2v) is 7.80. The largest absolute Gasteiger partial charge is 0.478 e. The van der Waals surface area contributed by atoms with E-state index in [0.717, 1.165) is 0 Å². The van der Waals surface area contributed by atoms with Gasteiger partial charge in [-0.2, -0.15) is 4.31 Å². The predicted molar refractivity (Wildman–Crippen MR) is 79.6 cm³/mol. The fourth-order valence-corrected chi connectivity index (χ4v) is 5.28. The Labute approximate surface area is 131 Å². The van der Waals surface area contributed by atoms with Gasteiger partial charge in [-0.1, -0.05) is 6.92 Å². The van der Waals surface area contributed by atoms with E-state index in [9.17, 15) is 18.3 Å². The van der Waals surface area contributed by atoms with Gasteiger partial charge < -0.3 is 10.2 Å². The highest BCUT2D eigenvalue weighted by atomic mass is 79.9. The Kier molecular flexibility index (Phi) is 4.72. The lowest BCUT2D eigenvalue weighted by Crippen LogP contribution is -2.39. The first-order chi connectivity index (χ1) is 9.78. The molecule has 1 aromatic rings. The van der Waals surface area contributed by atoms with Gasteiger partial charge in [0.2, 0.25) is 10.0 Å². The third-order valence-corrected chi connectivity index (χ3v) is 6.69. The van der Waals surface area contributed by atoms with Crippen molar-refractivity contribution in [2.45, 2.75) is 24.3 Å². The summed E-state index contributed by atoms with van der Waals surface area (Å²) in [5, 5.41) is 18.3. The average molecular weight is 378 g/mol. The number of carboxylic acid groups (broad SMARTS) is 1. The zero-order valence-electron chi connectivity index (χ0n) is 11.4. The molecule has 0 bridgehead atoms. The molecule has 0 amide bonds. The van der Waals surface area contributed by atoms with Crippen LogP contribution in [-0.2, 0) is 10.0 Å². The minimum atomic E-state index is -3.77. The van der Waals surface area contributed by atoms with E-state index in [4.69, 9.17) is 5.11 Å². The van der Waals surface area contributed by atoms with Gasteiger partial charge in [-0.05, 0) is 46.5 Å². The molecule has 2 atom stereocenters. The van der Waals surface area contributed by atoms with Crippen molar-refractivity contribution >= 4 is 31.9 Å². The van der Waals surface area contributed by atoms with Crippen molar-refractivity contribution in [3.05, 3.63) is 28.2 Å². The maximum Gasteiger partial charge on any atom is 0.335 e. The lowest BCUT2D eigenvalue weighted by molar-refractivity contribution is 0.0696. The summed E-state index contributed by atoms with van der Waals surface area (Å²) in [4.78, 5) is 10.9. The average Bonchev–Trinajstić information content (AvgIpc) is 2.79. The molecule has 0 aliphatic carbocycles. The van der Waals surface area contributed by atoms with Crippen molar-refractivity contribution in [1.82, 2.24) is 4.31 Å². The smallest absolute Gasteiger partial charge is 0.335 e. The molecule has 1 aliphatic rings. The van der Waals surface area contributed by atoms with Crippen molar-refractivity contribution in [2.75, 3.05) is 13.2 Å². The van der Waals surface area contributed by atoms with E-state index >= 15 is 0 Å². The molecule has 0 saturated carbocycles. The van der Waals surface area contributed by atoms with Gasteiger partial charge in [0.25, 0.3) is 0 Å². The van der Waals surface area contributed by atoms with Gasteiger partial charge in [0.1, 0.15) is 0 Å². The quantitative estimate of drug-likeness (QED) is 0.829. The van der Waals surface area contributed by atoms with Crippen LogP contribution in [0.5, 0.6) is 0 Å². The zero-order chi connectivity index (χ0) is 15.8. The van der Waals surface area contributed by atoms with Gasteiger partial charge in [-0.15, -0.1) is 0 Å². The van der Waals surface area contributed by atoms with Gasteiger partial charge >= 0.3 is 5.97 Å². The number of benzene rings is 1. The summed E-state index contributed by atoms with van der Waals surface area (Å²) >= 11 is 3.12. The van der Waals surface area contributed by atoms with E-state index in [0.29, 0.717) is 13.0 Å². The van der Waals surface area contributed by atoms with Gasteiger partial charge in [0.15, 0.2) is 0 Å². The summed E-state index contributed by atoms with van der Waals surface area (Å²) in [5.74, 6) is -1.04. The summed E-state index contributed by atoms with van der Waals surface area (Å²) in [5.41, 5.74) is 0.00863. The summed E-state index contributed by atoms with van der Waals surface area (Å²) in [6, 6.07) is 3.36. The molecule has 1 saturated heterocycles.